The summed E-state index contributed by atoms with van der Waals surface area (Å²) in [5.41, 5.74) is 0. The molecule has 2 saturated heterocycles. The first-order chi connectivity index (χ1) is 12.3. The molecule has 2 aromatic rings. The monoisotopic (exact) mass is 361 g/mol. The SMILES string of the molecule is CC(c1nc(-c2cccs2)no1)N1CCCCC(C2CCOCC2)C1. The zero-order valence-corrected chi connectivity index (χ0v) is 15.7. The normalized spacial score (nSPS) is 24.9. The Kier molecular flexibility index (Phi) is 5.48. The van der Waals surface area contributed by atoms with Gasteiger partial charge in [0, 0.05) is 19.8 Å². The van der Waals surface area contributed by atoms with Gasteiger partial charge in [-0.25, -0.2) is 0 Å². The minimum Gasteiger partial charge on any atom is -0.381 e. The van der Waals surface area contributed by atoms with E-state index in [1.165, 1.54) is 32.1 Å². The first-order valence-electron chi connectivity index (χ1n) is 9.50. The van der Waals surface area contributed by atoms with Gasteiger partial charge in [0.15, 0.2) is 0 Å². The van der Waals surface area contributed by atoms with Gasteiger partial charge in [0.2, 0.25) is 11.7 Å². The molecule has 6 heteroatoms. The van der Waals surface area contributed by atoms with Crippen LogP contribution in [0.5, 0.6) is 0 Å². The van der Waals surface area contributed by atoms with Crippen LogP contribution in [-0.4, -0.2) is 41.3 Å². The highest BCUT2D eigenvalue weighted by Crippen LogP contribution is 2.33. The highest BCUT2D eigenvalue weighted by Gasteiger charge is 2.31. The van der Waals surface area contributed by atoms with Gasteiger partial charge in [0.05, 0.1) is 10.9 Å². The largest absolute Gasteiger partial charge is 0.381 e. The van der Waals surface area contributed by atoms with Crippen molar-refractivity contribution < 1.29 is 9.26 Å². The van der Waals surface area contributed by atoms with Crippen LogP contribution < -0.4 is 0 Å². The lowest BCUT2D eigenvalue weighted by Gasteiger charge is -2.34. The molecule has 136 valence electrons. The van der Waals surface area contributed by atoms with Crippen LogP contribution in [-0.2, 0) is 4.74 Å². The zero-order valence-electron chi connectivity index (χ0n) is 14.9. The van der Waals surface area contributed by atoms with Gasteiger partial charge in [0.1, 0.15) is 0 Å². The maximum absolute atomic E-state index is 5.61. The van der Waals surface area contributed by atoms with Gasteiger partial charge in [-0.05, 0) is 62.4 Å². The summed E-state index contributed by atoms with van der Waals surface area (Å²) in [5, 5.41) is 6.23. The molecule has 0 aromatic carbocycles. The number of rotatable bonds is 4. The van der Waals surface area contributed by atoms with Crippen LogP contribution in [0.2, 0.25) is 0 Å². The number of hydrogen-bond donors (Lipinski definition) is 0. The average Bonchev–Trinajstić information content (AvgIpc) is 3.29. The topological polar surface area (TPSA) is 51.4 Å². The number of thiophene rings is 1. The van der Waals surface area contributed by atoms with Crippen molar-refractivity contribution in [3.05, 3.63) is 23.4 Å². The number of hydrogen-bond acceptors (Lipinski definition) is 6. The fourth-order valence-electron chi connectivity index (χ4n) is 4.20. The number of likely N-dealkylation sites (tertiary alicyclic amines) is 1. The van der Waals surface area contributed by atoms with Gasteiger partial charge in [-0.2, -0.15) is 4.98 Å². The molecular formula is C19H27N3O2S. The van der Waals surface area contributed by atoms with E-state index in [0.717, 1.165) is 48.9 Å². The van der Waals surface area contributed by atoms with E-state index in [2.05, 4.69) is 22.0 Å². The maximum atomic E-state index is 5.61. The summed E-state index contributed by atoms with van der Waals surface area (Å²) in [6.45, 7) is 6.34. The average molecular weight is 362 g/mol. The second-order valence-electron chi connectivity index (χ2n) is 7.31. The molecule has 0 amide bonds. The molecule has 0 radical (unpaired) electrons. The molecule has 0 bridgehead atoms. The molecule has 0 saturated carbocycles. The second-order valence-corrected chi connectivity index (χ2v) is 8.26. The highest BCUT2D eigenvalue weighted by molar-refractivity contribution is 7.13. The van der Waals surface area contributed by atoms with E-state index in [9.17, 15) is 0 Å². The lowest BCUT2D eigenvalue weighted by atomic mass is 9.83. The molecule has 2 aromatic heterocycles. The standard InChI is InChI=1S/C19H27N3O2S/c1-14(19-20-18(21-24-19)17-6-4-12-25-17)22-9-3-2-5-16(13-22)15-7-10-23-11-8-15/h4,6,12,14-16H,2-3,5,7-11,13H2,1H3. The first-order valence-corrected chi connectivity index (χ1v) is 10.4. The predicted octanol–water partition coefficient (Wildman–Crippen LogP) is 4.39. The fraction of sp³-hybridized carbons (Fsp3) is 0.684. The molecule has 0 N–H and O–H groups in total. The van der Waals surface area contributed by atoms with Crippen LogP contribution in [0.1, 0.15) is 51.0 Å². The van der Waals surface area contributed by atoms with Crippen molar-refractivity contribution in [2.24, 2.45) is 11.8 Å². The fourth-order valence-corrected chi connectivity index (χ4v) is 4.85. The lowest BCUT2D eigenvalue weighted by molar-refractivity contribution is 0.0348. The van der Waals surface area contributed by atoms with Gasteiger partial charge in [-0.1, -0.05) is 17.6 Å². The predicted molar refractivity (Wildman–Crippen MR) is 98.5 cm³/mol. The quantitative estimate of drug-likeness (QED) is 0.808. The van der Waals surface area contributed by atoms with Crippen LogP contribution in [0.25, 0.3) is 10.7 Å². The molecule has 2 aliphatic heterocycles. The summed E-state index contributed by atoms with van der Waals surface area (Å²) < 4.78 is 11.2. The summed E-state index contributed by atoms with van der Waals surface area (Å²) in [6, 6.07) is 4.24. The molecule has 5 nitrogen and oxygen atoms in total. The molecule has 2 aliphatic rings. The lowest BCUT2D eigenvalue weighted by Crippen LogP contribution is -2.35. The summed E-state index contributed by atoms with van der Waals surface area (Å²) in [7, 11) is 0. The molecule has 0 spiro atoms. The van der Waals surface area contributed by atoms with Crippen molar-refractivity contribution >= 4 is 11.3 Å². The third-order valence-corrected chi connectivity index (χ3v) is 6.63. The summed E-state index contributed by atoms with van der Waals surface area (Å²) >= 11 is 1.65. The van der Waals surface area contributed by atoms with Gasteiger partial charge in [-0.3, -0.25) is 4.90 Å². The molecule has 25 heavy (non-hydrogen) atoms. The smallest absolute Gasteiger partial charge is 0.244 e. The Balaban J connectivity index is 1.45. The third-order valence-electron chi connectivity index (χ3n) is 5.76. The van der Waals surface area contributed by atoms with Crippen LogP contribution in [0.15, 0.2) is 22.0 Å². The second kappa shape index (κ2) is 7.98. The Labute approximate surface area is 153 Å². The van der Waals surface area contributed by atoms with Crippen molar-refractivity contribution in [2.75, 3.05) is 26.3 Å². The van der Waals surface area contributed by atoms with Gasteiger partial charge in [0.25, 0.3) is 0 Å². The number of ether oxygens (including phenoxy) is 1. The first kappa shape index (κ1) is 17.2. The molecular weight excluding hydrogens is 334 g/mol. The van der Waals surface area contributed by atoms with E-state index >= 15 is 0 Å². The van der Waals surface area contributed by atoms with Crippen molar-refractivity contribution in [3.63, 3.8) is 0 Å². The van der Waals surface area contributed by atoms with Crippen molar-refractivity contribution in [2.45, 2.75) is 45.1 Å². The highest BCUT2D eigenvalue weighted by atomic mass is 32.1. The molecule has 2 unspecified atom stereocenters. The Hall–Kier alpha value is -1.24. The Morgan fingerprint density at radius 1 is 1.20 bits per heavy atom. The van der Waals surface area contributed by atoms with Gasteiger partial charge in [-0.15, -0.1) is 11.3 Å². The van der Waals surface area contributed by atoms with E-state index < -0.39 is 0 Å². The van der Waals surface area contributed by atoms with E-state index in [4.69, 9.17) is 9.26 Å². The van der Waals surface area contributed by atoms with E-state index in [0.29, 0.717) is 5.82 Å². The molecule has 4 rings (SSSR count). The zero-order chi connectivity index (χ0) is 17.1. The minimum absolute atomic E-state index is 0.182. The number of aromatic nitrogens is 2. The van der Waals surface area contributed by atoms with E-state index in [1.54, 1.807) is 11.3 Å². The Bertz CT molecular complexity index is 651. The van der Waals surface area contributed by atoms with Crippen molar-refractivity contribution in [1.82, 2.24) is 15.0 Å². The number of nitrogens with zero attached hydrogens (tertiary/aromatic N) is 3. The third kappa shape index (κ3) is 3.96. The van der Waals surface area contributed by atoms with Crippen LogP contribution in [0.4, 0.5) is 0 Å². The summed E-state index contributed by atoms with van der Waals surface area (Å²) in [6.07, 6.45) is 6.37. The van der Waals surface area contributed by atoms with E-state index in [-0.39, 0.29) is 6.04 Å². The van der Waals surface area contributed by atoms with Crippen molar-refractivity contribution in [1.29, 1.82) is 0 Å². The molecule has 2 fully saturated rings. The molecule has 0 aliphatic carbocycles. The van der Waals surface area contributed by atoms with Gasteiger partial charge < -0.3 is 9.26 Å². The maximum Gasteiger partial charge on any atom is 0.244 e. The Morgan fingerprint density at radius 2 is 2.08 bits per heavy atom. The minimum atomic E-state index is 0.182. The summed E-state index contributed by atoms with van der Waals surface area (Å²) in [5.74, 6) is 3.04. The van der Waals surface area contributed by atoms with Crippen LogP contribution in [0, 0.1) is 11.8 Å². The van der Waals surface area contributed by atoms with Crippen LogP contribution >= 0.6 is 11.3 Å². The van der Waals surface area contributed by atoms with Crippen molar-refractivity contribution in [3.8, 4) is 10.7 Å². The van der Waals surface area contributed by atoms with Crippen LogP contribution in [0.3, 0.4) is 0 Å². The van der Waals surface area contributed by atoms with Gasteiger partial charge >= 0.3 is 0 Å². The molecule has 4 heterocycles. The van der Waals surface area contributed by atoms with E-state index in [1.807, 2.05) is 17.5 Å². The molecule has 2 atom stereocenters. The Morgan fingerprint density at radius 3 is 2.88 bits per heavy atom. The summed E-state index contributed by atoms with van der Waals surface area (Å²) in [4.78, 5) is 8.29.